The van der Waals surface area contributed by atoms with Gasteiger partial charge in [0.15, 0.2) is 7.37 Å². The van der Waals surface area contributed by atoms with Crippen molar-refractivity contribution in [2.75, 3.05) is 13.3 Å². The fraction of sp³-hybridized carbons (Fsp3) is 0.833. The molecule has 0 aliphatic heterocycles. The van der Waals surface area contributed by atoms with Crippen LogP contribution in [0.4, 0.5) is 0 Å². The smallest absolute Gasteiger partial charge is 0.194 e. The molecule has 0 aromatic heterocycles. The molecule has 1 N–H and O–H groups in total. The molecule has 0 aromatic carbocycles. The maximum atomic E-state index is 9.77. The summed E-state index contributed by atoms with van der Waals surface area (Å²) in [6.07, 6.45) is 0. The molecule has 0 saturated heterocycles. The van der Waals surface area contributed by atoms with E-state index in [2.05, 4.69) is 0 Å². The van der Waals surface area contributed by atoms with E-state index in [0.29, 0.717) is 0 Å². The van der Waals surface area contributed by atoms with Gasteiger partial charge in [-0.1, -0.05) is 7.43 Å². The van der Waals surface area contributed by atoms with Crippen molar-refractivity contribution in [3.63, 3.8) is 0 Å². The Hall–Kier alpha value is -0.140. The molecule has 0 atom stereocenters. The molecule has 0 fully saturated rings. The van der Waals surface area contributed by atoms with Gasteiger partial charge in [0, 0.05) is 13.3 Å². The van der Waals surface area contributed by atoms with Crippen LogP contribution < -0.4 is 0 Å². The molecular weight excluding hydrogens is 151 g/mol. The topological polar surface area (TPSA) is 54.4 Å². The fourth-order valence-corrected chi connectivity index (χ4v) is 0. The molecule has 0 spiro atoms. The number of Topliss-reactive ketones (excluding diaryl/α,β-unsaturated/α-hetero) is 1. The number of hydrogen-bond acceptors (Lipinski definition) is 2. The first-order valence-corrected chi connectivity index (χ1v) is 5.04. The molecule has 0 aliphatic carbocycles. The van der Waals surface area contributed by atoms with Crippen LogP contribution in [0.15, 0.2) is 0 Å². The largest absolute Gasteiger partial charge is 0.345 e. The average Bonchev–Trinajstić information content (AvgIpc) is 1.19. The molecule has 10 heavy (non-hydrogen) atoms. The first kappa shape index (κ1) is 16.4. The Kier molecular flexibility index (Phi) is 11.5. The maximum Gasteiger partial charge on any atom is 0.194 e. The third kappa shape index (κ3) is 18900. The van der Waals surface area contributed by atoms with Crippen LogP contribution in [-0.2, 0) is 9.36 Å². The van der Waals surface area contributed by atoms with Gasteiger partial charge < -0.3 is 9.69 Å². The quantitative estimate of drug-likeness (QED) is 0.560. The van der Waals surface area contributed by atoms with Crippen LogP contribution in [0.5, 0.6) is 0 Å². The van der Waals surface area contributed by atoms with E-state index in [0.717, 1.165) is 0 Å². The van der Waals surface area contributed by atoms with E-state index in [1.807, 2.05) is 0 Å². The first-order valence-electron chi connectivity index (χ1n) is 2.48. The Labute approximate surface area is 62.9 Å². The number of rotatable bonds is 0. The van der Waals surface area contributed by atoms with Crippen LogP contribution in [0, 0.1) is 0 Å². The Bertz CT molecular complexity index is 113. The summed E-state index contributed by atoms with van der Waals surface area (Å²) < 4.78 is 9.77. The van der Waals surface area contributed by atoms with Crippen molar-refractivity contribution in [3.8, 4) is 0 Å². The lowest BCUT2D eigenvalue weighted by Crippen LogP contribution is -1.69. The van der Waals surface area contributed by atoms with E-state index in [1.165, 1.54) is 27.2 Å². The van der Waals surface area contributed by atoms with Gasteiger partial charge >= 0.3 is 0 Å². The number of carbonyl (C=O) groups is 1. The monoisotopic (exact) mass is 168 g/mol. The van der Waals surface area contributed by atoms with Gasteiger partial charge in [-0.2, -0.15) is 0 Å². The summed E-state index contributed by atoms with van der Waals surface area (Å²) in [5.74, 6) is 0.167. The highest BCUT2D eigenvalue weighted by Crippen LogP contribution is 2.27. The van der Waals surface area contributed by atoms with Crippen LogP contribution >= 0.6 is 7.37 Å². The highest BCUT2D eigenvalue weighted by Gasteiger charge is 1.92. The van der Waals surface area contributed by atoms with E-state index in [4.69, 9.17) is 4.89 Å². The van der Waals surface area contributed by atoms with Crippen molar-refractivity contribution >= 4 is 13.2 Å². The standard InChI is InChI=1S/C3H6O.C2H7O2P.CH4/c1-3(2)4;1-5(2,3)4;/h1-2H3;1-2H3,(H,3,4);1H4. The lowest BCUT2D eigenvalue weighted by Gasteiger charge is -1.86. The first-order chi connectivity index (χ1) is 3.73. The van der Waals surface area contributed by atoms with Gasteiger partial charge in [0.25, 0.3) is 0 Å². The second-order valence-corrected chi connectivity index (χ2v) is 4.79. The van der Waals surface area contributed by atoms with E-state index in [-0.39, 0.29) is 13.2 Å². The molecule has 0 radical (unpaired) electrons. The molecule has 0 bridgehead atoms. The van der Waals surface area contributed by atoms with Crippen LogP contribution in [-0.4, -0.2) is 24.0 Å². The van der Waals surface area contributed by atoms with Gasteiger partial charge in [-0.25, -0.2) is 0 Å². The van der Waals surface area contributed by atoms with Crippen LogP contribution in [0.1, 0.15) is 21.3 Å². The number of carbonyl (C=O) groups excluding carboxylic acids is 1. The third-order valence-corrected chi connectivity index (χ3v) is 0. The predicted octanol–water partition coefficient (Wildman–Crippen LogP) is 1.75. The molecule has 0 aliphatic rings. The number of hydrogen-bond donors (Lipinski definition) is 1. The second-order valence-electron chi connectivity index (χ2n) is 2.20. The van der Waals surface area contributed by atoms with Gasteiger partial charge in [0.1, 0.15) is 5.78 Å². The summed E-state index contributed by atoms with van der Waals surface area (Å²) in [6, 6.07) is 0. The van der Waals surface area contributed by atoms with Crippen molar-refractivity contribution in [1.29, 1.82) is 0 Å². The zero-order valence-electron chi connectivity index (χ0n) is 6.21. The lowest BCUT2D eigenvalue weighted by molar-refractivity contribution is -0.114. The molecule has 64 valence electrons. The fourth-order valence-electron chi connectivity index (χ4n) is 0. The van der Waals surface area contributed by atoms with E-state index in [1.54, 1.807) is 0 Å². The van der Waals surface area contributed by atoms with Gasteiger partial charge in [-0.15, -0.1) is 0 Å². The number of ketones is 1. The van der Waals surface area contributed by atoms with Crippen LogP contribution in [0.3, 0.4) is 0 Å². The van der Waals surface area contributed by atoms with Gasteiger partial charge in [-0.05, 0) is 13.8 Å². The van der Waals surface area contributed by atoms with Crippen molar-refractivity contribution < 1.29 is 14.3 Å². The Morgan fingerprint density at radius 3 is 1.30 bits per heavy atom. The zero-order valence-corrected chi connectivity index (χ0v) is 7.11. The van der Waals surface area contributed by atoms with Crippen molar-refractivity contribution in [3.05, 3.63) is 0 Å². The van der Waals surface area contributed by atoms with Crippen molar-refractivity contribution in [2.24, 2.45) is 0 Å². The molecule has 0 amide bonds. The van der Waals surface area contributed by atoms with Gasteiger partial charge in [0.2, 0.25) is 0 Å². The highest BCUT2D eigenvalue weighted by atomic mass is 31.2. The normalized spacial score (nSPS) is 8.50. The summed E-state index contributed by atoms with van der Waals surface area (Å²) in [7, 11) is -2.64. The Morgan fingerprint density at radius 1 is 1.30 bits per heavy atom. The minimum atomic E-state index is -2.64. The zero-order chi connectivity index (χ0) is 8.08. The molecule has 0 unspecified atom stereocenters. The molecular formula is C6H17O3P. The average molecular weight is 168 g/mol. The lowest BCUT2D eigenvalue weighted by atomic mass is 10.6. The summed E-state index contributed by atoms with van der Waals surface area (Å²) in [4.78, 5) is 17.5. The highest BCUT2D eigenvalue weighted by molar-refractivity contribution is 7.56. The Morgan fingerprint density at radius 2 is 1.30 bits per heavy atom. The van der Waals surface area contributed by atoms with Crippen LogP contribution in [0.2, 0.25) is 0 Å². The molecule has 4 heteroatoms. The third-order valence-electron chi connectivity index (χ3n) is 0. The summed E-state index contributed by atoms with van der Waals surface area (Å²) in [6.45, 7) is 5.65. The van der Waals surface area contributed by atoms with Crippen LogP contribution in [0.25, 0.3) is 0 Å². The van der Waals surface area contributed by atoms with Gasteiger partial charge in [-0.3, -0.25) is 4.57 Å². The van der Waals surface area contributed by atoms with Gasteiger partial charge in [0.05, 0.1) is 0 Å². The minimum Gasteiger partial charge on any atom is -0.345 e. The van der Waals surface area contributed by atoms with Crippen molar-refractivity contribution in [1.82, 2.24) is 0 Å². The SMILES string of the molecule is C.CC(C)=O.CP(C)(=O)O. The van der Waals surface area contributed by atoms with Crippen molar-refractivity contribution in [2.45, 2.75) is 21.3 Å². The summed E-state index contributed by atoms with van der Waals surface area (Å²) in [5.41, 5.74) is 0. The Balaban J connectivity index is -0.0000000910. The maximum absolute atomic E-state index is 9.77. The molecule has 0 saturated carbocycles. The molecule has 0 aromatic rings. The predicted molar refractivity (Wildman–Crippen MR) is 44.8 cm³/mol. The molecule has 3 nitrogen and oxygen atoms in total. The molecule has 0 heterocycles. The molecule has 0 rings (SSSR count). The van der Waals surface area contributed by atoms with E-state index in [9.17, 15) is 9.36 Å². The second kappa shape index (κ2) is 6.97. The minimum absolute atomic E-state index is 0. The summed E-state index contributed by atoms with van der Waals surface area (Å²) in [5, 5.41) is 0. The van der Waals surface area contributed by atoms with E-state index >= 15 is 0 Å². The van der Waals surface area contributed by atoms with E-state index < -0.39 is 7.37 Å². The summed E-state index contributed by atoms with van der Waals surface area (Å²) >= 11 is 0.